The van der Waals surface area contributed by atoms with Gasteiger partial charge in [0, 0.05) is 18.2 Å². The smallest absolute Gasteiger partial charge is 0.359 e. The molecule has 0 aliphatic carbocycles. The highest BCUT2D eigenvalue weighted by Crippen LogP contribution is 2.36. The third kappa shape index (κ3) is 3.82. The van der Waals surface area contributed by atoms with Crippen LogP contribution in [0.25, 0.3) is 16.9 Å². The van der Waals surface area contributed by atoms with Gasteiger partial charge in [-0.2, -0.15) is 18.3 Å². The number of hydrogen-bond donors (Lipinski definition) is 0. The van der Waals surface area contributed by atoms with Crippen molar-refractivity contribution < 1.29 is 22.5 Å². The normalized spacial score (nSPS) is 16.6. The van der Waals surface area contributed by atoms with Gasteiger partial charge in [-0.25, -0.2) is 9.50 Å². The van der Waals surface area contributed by atoms with Crippen LogP contribution in [0.4, 0.5) is 13.2 Å². The third-order valence-corrected chi connectivity index (χ3v) is 6.04. The van der Waals surface area contributed by atoms with Gasteiger partial charge in [-0.15, -0.1) is 0 Å². The summed E-state index contributed by atoms with van der Waals surface area (Å²) in [6.07, 6.45) is -2.11. The van der Waals surface area contributed by atoms with Crippen LogP contribution in [0, 0.1) is 0 Å². The molecular weight excluding hydrogens is 447 g/mol. The lowest BCUT2D eigenvalue weighted by molar-refractivity contribution is -0.142. The molecule has 0 N–H and O–H groups in total. The molecule has 34 heavy (non-hydrogen) atoms. The first-order valence-corrected chi connectivity index (χ1v) is 11.0. The molecule has 0 saturated carbocycles. The van der Waals surface area contributed by atoms with Crippen LogP contribution in [0.1, 0.15) is 66.2 Å². The van der Waals surface area contributed by atoms with Crippen molar-refractivity contribution in [1.82, 2.24) is 24.7 Å². The summed E-state index contributed by atoms with van der Waals surface area (Å²) in [5.74, 6) is 0.301. The fraction of sp³-hybridized carbons (Fsp3) is 0.333. The molecule has 3 aromatic heterocycles. The topological polar surface area (TPSA) is 76.5 Å². The highest BCUT2D eigenvalue weighted by atomic mass is 19.4. The van der Waals surface area contributed by atoms with E-state index in [1.807, 2.05) is 19.9 Å². The minimum Gasteiger partial charge on any atom is -0.359 e. The molecule has 1 atom stereocenters. The van der Waals surface area contributed by atoms with Gasteiger partial charge in [-0.1, -0.05) is 49.3 Å². The molecule has 4 heterocycles. The fourth-order valence-electron chi connectivity index (χ4n) is 4.27. The minimum absolute atomic E-state index is 0.0128. The van der Waals surface area contributed by atoms with Crippen molar-refractivity contribution in [3.8, 4) is 11.3 Å². The van der Waals surface area contributed by atoms with Crippen molar-refractivity contribution in [3.63, 3.8) is 0 Å². The quantitative estimate of drug-likeness (QED) is 0.394. The second-order valence-corrected chi connectivity index (χ2v) is 8.65. The largest absolute Gasteiger partial charge is 0.433 e. The number of carbonyl (C=O) groups excluding carboxylic acids is 1. The van der Waals surface area contributed by atoms with Gasteiger partial charge in [-0.3, -0.25) is 4.79 Å². The van der Waals surface area contributed by atoms with Crippen molar-refractivity contribution in [2.24, 2.45) is 0 Å². The Morgan fingerprint density at radius 3 is 2.62 bits per heavy atom. The molecule has 0 bridgehead atoms. The maximum Gasteiger partial charge on any atom is 0.433 e. The maximum absolute atomic E-state index is 13.9. The average Bonchev–Trinajstić information content (AvgIpc) is 3.56. The number of amides is 1. The predicted octanol–water partition coefficient (Wildman–Crippen LogP) is 5.50. The Morgan fingerprint density at radius 2 is 1.94 bits per heavy atom. The summed E-state index contributed by atoms with van der Waals surface area (Å²) in [5, 5.41) is 7.97. The molecule has 7 nitrogen and oxygen atoms in total. The van der Waals surface area contributed by atoms with Gasteiger partial charge in [0.15, 0.2) is 17.1 Å². The van der Waals surface area contributed by atoms with Gasteiger partial charge >= 0.3 is 6.18 Å². The zero-order valence-electron chi connectivity index (χ0n) is 18.6. The first-order valence-electron chi connectivity index (χ1n) is 11.0. The van der Waals surface area contributed by atoms with E-state index in [-0.39, 0.29) is 28.9 Å². The molecule has 1 aliphatic rings. The molecule has 4 aromatic rings. The van der Waals surface area contributed by atoms with E-state index >= 15 is 0 Å². The summed E-state index contributed by atoms with van der Waals surface area (Å²) in [6, 6.07) is 11.0. The van der Waals surface area contributed by atoms with Crippen LogP contribution in [0.2, 0.25) is 0 Å². The summed E-state index contributed by atoms with van der Waals surface area (Å²) in [5.41, 5.74) is 0.296. The molecule has 176 valence electrons. The van der Waals surface area contributed by atoms with E-state index in [0.29, 0.717) is 28.8 Å². The Labute approximate surface area is 193 Å². The van der Waals surface area contributed by atoms with Crippen LogP contribution in [-0.2, 0) is 6.18 Å². The van der Waals surface area contributed by atoms with Gasteiger partial charge < -0.3 is 9.42 Å². The number of fused-ring (bicyclic) bond motifs is 1. The van der Waals surface area contributed by atoms with E-state index in [2.05, 4.69) is 15.2 Å². The van der Waals surface area contributed by atoms with Gasteiger partial charge in [0.1, 0.15) is 5.56 Å². The maximum atomic E-state index is 13.9. The number of rotatable bonds is 4. The Bertz CT molecular complexity index is 1340. The minimum atomic E-state index is -4.68. The average molecular weight is 469 g/mol. The summed E-state index contributed by atoms with van der Waals surface area (Å²) in [6.45, 7) is 4.43. The molecule has 1 fully saturated rings. The summed E-state index contributed by atoms with van der Waals surface area (Å²) in [4.78, 5) is 19.6. The summed E-state index contributed by atoms with van der Waals surface area (Å²) >= 11 is 0. The highest BCUT2D eigenvalue weighted by molar-refractivity contribution is 6.00. The monoisotopic (exact) mass is 469 g/mol. The molecule has 0 spiro atoms. The second-order valence-electron chi connectivity index (χ2n) is 8.65. The van der Waals surface area contributed by atoms with Crippen LogP contribution >= 0.6 is 0 Å². The number of likely N-dealkylation sites (tertiary alicyclic amines) is 1. The molecule has 1 amide bonds. The van der Waals surface area contributed by atoms with E-state index in [0.717, 1.165) is 24.4 Å². The van der Waals surface area contributed by atoms with Crippen molar-refractivity contribution in [1.29, 1.82) is 0 Å². The van der Waals surface area contributed by atoms with Crippen molar-refractivity contribution >= 4 is 11.6 Å². The van der Waals surface area contributed by atoms with Crippen LogP contribution < -0.4 is 0 Å². The Kier molecular flexibility index (Phi) is 5.38. The van der Waals surface area contributed by atoms with E-state index in [1.165, 1.54) is 0 Å². The predicted molar refractivity (Wildman–Crippen MR) is 117 cm³/mol. The lowest BCUT2D eigenvalue weighted by Crippen LogP contribution is -2.30. The van der Waals surface area contributed by atoms with E-state index in [4.69, 9.17) is 4.52 Å². The van der Waals surface area contributed by atoms with Gasteiger partial charge in [0.25, 0.3) is 5.91 Å². The molecular formula is C24H22F3N5O2. The van der Waals surface area contributed by atoms with E-state index < -0.39 is 17.8 Å². The van der Waals surface area contributed by atoms with E-state index in [9.17, 15) is 18.0 Å². The number of carbonyl (C=O) groups is 1. The first kappa shape index (κ1) is 22.1. The Balaban J connectivity index is 1.58. The molecule has 0 unspecified atom stereocenters. The number of nitrogens with zero attached hydrogens (tertiary/aromatic N) is 5. The standard InChI is InChI=1S/C24H22F3N5O2/c1-14(2)17-11-20(34-30-17)19-9-6-10-31(19)23(33)16-13-28-32-21(24(25,26)27)12-18(29-22(16)32)15-7-4-3-5-8-15/h3-5,7-8,11-14,19H,6,9-10H2,1-2H3/t19-/m0/s1. The Morgan fingerprint density at radius 1 is 1.18 bits per heavy atom. The van der Waals surface area contributed by atoms with E-state index in [1.54, 1.807) is 35.2 Å². The first-order chi connectivity index (χ1) is 16.2. The lowest BCUT2D eigenvalue weighted by atomic mass is 10.1. The van der Waals surface area contributed by atoms with Crippen LogP contribution in [-0.4, -0.2) is 37.1 Å². The molecule has 1 saturated heterocycles. The number of hydrogen-bond acceptors (Lipinski definition) is 5. The molecule has 10 heteroatoms. The second kappa shape index (κ2) is 8.27. The zero-order valence-corrected chi connectivity index (χ0v) is 18.6. The number of halogens is 3. The highest BCUT2D eigenvalue weighted by Gasteiger charge is 2.38. The molecule has 1 aliphatic heterocycles. The molecule has 5 rings (SSSR count). The third-order valence-electron chi connectivity index (χ3n) is 6.04. The van der Waals surface area contributed by atoms with Gasteiger partial charge in [0.05, 0.1) is 23.6 Å². The summed E-state index contributed by atoms with van der Waals surface area (Å²) < 4.78 is 47.8. The molecule has 1 aromatic carbocycles. The van der Waals surface area contributed by atoms with Crippen molar-refractivity contribution in [3.05, 3.63) is 71.4 Å². The van der Waals surface area contributed by atoms with Crippen molar-refractivity contribution in [2.75, 3.05) is 6.54 Å². The SMILES string of the molecule is CC(C)c1cc([C@@H]2CCCN2C(=O)c2cnn3c(C(F)(F)F)cc(-c4ccccc4)nc23)on1. The number of aromatic nitrogens is 4. The van der Waals surface area contributed by atoms with Crippen LogP contribution in [0.5, 0.6) is 0 Å². The number of alkyl halides is 3. The molecule has 0 radical (unpaired) electrons. The lowest BCUT2D eigenvalue weighted by Gasteiger charge is -2.22. The fourth-order valence-corrected chi connectivity index (χ4v) is 4.27. The van der Waals surface area contributed by atoms with Crippen LogP contribution in [0.3, 0.4) is 0 Å². The van der Waals surface area contributed by atoms with Crippen molar-refractivity contribution in [2.45, 2.75) is 44.8 Å². The van der Waals surface area contributed by atoms with Crippen LogP contribution in [0.15, 0.2) is 53.2 Å². The summed E-state index contributed by atoms with van der Waals surface area (Å²) in [7, 11) is 0. The van der Waals surface area contributed by atoms with Gasteiger partial charge in [0.2, 0.25) is 0 Å². The zero-order chi connectivity index (χ0) is 24.0. The van der Waals surface area contributed by atoms with Gasteiger partial charge in [-0.05, 0) is 24.8 Å². The Hall–Kier alpha value is -3.69. The number of benzene rings is 1.